The van der Waals surface area contributed by atoms with E-state index in [0.29, 0.717) is 64.6 Å². The zero-order chi connectivity index (χ0) is 83.9. The van der Waals surface area contributed by atoms with E-state index < -0.39 is 105 Å². The van der Waals surface area contributed by atoms with Gasteiger partial charge >= 0.3 is 71.6 Å². The highest BCUT2D eigenvalue weighted by atomic mass is 16.6. The van der Waals surface area contributed by atoms with Crippen molar-refractivity contribution in [2.45, 2.75) is 41.5 Å². The molecule has 120 heavy (non-hydrogen) atoms. The molecule has 0 spiro atoms. The molecule has 0 aliphatic heterocycles. The van der Waals surface area contributed by atoms with Crippen LogP contribution in [0.1, 0.15) is 104 Å². The van der Waals surface area contributed by atoms with Crippen LogP contribution in [0.25, 0.3) is 97.0 Å². The first kappa shape index (κ1) is 77.4. The van der Waals surface area contributed by atoms with E-state index in [1.807, 2.05) is 0 Å². The minimum absolute atomic E-state index is 0.0270. The lowest BCUT2D eigenvalue weighted by Gasteiger charge is -2.19. The van der Waals surface area contributed by atoms with Gasteiger partial charge in [-0.15, -0.1) is 0 Å². The second kappa shape index (κ2) is 32.1. The molecule has 0 saturated carbocycles. The van der Waals surface area contributed by atoms with Crippen LogP contribution in [-0.2, 0) is 28.8 Å². The maximum Gasteiger partial charge on any atom is 0.344 e. The molecule has 0 unspecified atom stereocenters. The number of rotatable bonds is 18. The monoisotopic (exact) mass is 1600 g/mol. The van der Waals surface area contributed by atoms with Crippen LogP contribution in [0.4, 0.5) is 0 Å². The quantitative estimate of drug-likeness (QED) is 0.0437. The molecule has 0 heterocycles. The van der Waals surface area contributed by atoms with Gasteiger partial charge in [-0.1, -0.05) is 72.8 Å². The maximum absolute atomic E-state index is 15.6. The van der Waals surface area contributed by atoms with E-state index in [2.05, 4.69) is 0 Å². The van der Waals surface area contributed by atoms with Crippen molar-refractivity contribution >= 4 is 169 Å². The second-order valence-corrected chi connectivity index (χ2v) is 27.8. The third-order valence-corrected chi connectivity index (χ3v) is 19.2. The smallest absolute Gasteiger partial charge is 0.344 e. The first-order valence-electron chi connectivity index (χ1n) is 36.9. The number of hydrogen-bond acceptors (Lipinski definition) is 24. The highest BCUT2D eigenvalue weighted by Crippen LogP contribution is 2.43. The minimum atomic E-state index is -1.14. The average Bonchev–Trinajstić information content (AvgIpc) is 0.714. The summed E-state index contributed by atoms with van der Waals surface area (Å²) in [5.74, 6) is -8.87. The highest BCUT2D eigenvalue weighted by Gasteiger charge is 2.31. The Bertz CT molecular complexity index is 6090. The van der Waals surface area contributed by atoms with Crippen molar-refractivity contribution in [1.29, 1.82) is 0 Å². The number of esters is 12. The Labute approximate surface area is 678 Å². The predicted molar refractivity (Wildman–Crippen MR) is 440 cm³/mol. The molecule has 0 aliphatic carbocycles. The average molecular weight is 1600 g/mol. The predicted octanol–water partition coefficient (Wildman–Crippen LogP) is 18.9. The van der Waals surface area contributed by atoms with Crippen molar-refractivity contribution in [1.82, 2.24) is 0 Å². The lowest BCUT2D eigenvalue weighted by Crippen LogP contribution is -2.19. The van der Waals surface area contributed by atoms with Crippen molar-refractivity contribution in [3.05, 3.63) is 288 Å². The molecule has 0 radical (unpaired) electrons. The van der Waals surface area contributed by atoms with E-state index in [9.17, 15) is 28.8 Å². The van der Waals surface area contributed by atoms with Gasteiger partial charge < -0.3 is 56.8 Å². The third-order valence-electron chi connectivity index (χ3n) is 19.2. The largest absolute Gasteiger partial charge is 0.427 e. The summed E-state index contributed by atoms with van der Waals surface area (Å²) in [4.78, 5) is 166. The number of fused-ring (bicyclic) bond motifs is 12. The van der Waals surface area contributed by atoms with Gasteiger partial charge in [0.15, 0.2) is 0 Å². The van der Waals surface area contributed by atoms with E-state index in [1.54, 1.807) is 146 Å². The molecule has 0 aromatic heterocycles. The van der Waals surface area contributed by atoms with Crippen molar-refractivity contribution < 1.29 is 114 Å². The van der Waals surface area contributed by atoms with Crippen LogP contribution in [0.15, 0.2) is 255 Å². The maximum atomic E-state index is 15.6. The first-order valence-corrected chi connectivity index (χ1v) is 36.9. The second-order valence-electron chi connectivity index (χ2n) is 27.8. The number of carbonyl (C=O) groups excluding carboxylic acids is 12. The Morgan fingerprint density at radius 2 is 0.242 bits per heavy atom. The molecule has 0 N–H and O–H groups in total. The molecular weight excluding hydrogens is 1540 g/mol. The van der Waals surface area contributed by atoms with Gasteiger partial charge in [-0.05, 0) is 279 Å². The topological polar surface area (TPSA) is 316 Å². The molecule has 0 amide bonds. The van der Waals surface area contributed by atoms with Crippen LogP contribution in [-0.4, -0.2) is 71.6 Å². The van der Waals surface area contributed by atoms with E-state index in [4.69, 9.17) is 56.8 Å². The minimum Gasteiger partial charge on any atom is -0.427 e. The van der Waals surface area contributed by atoms with Crippen LogP contribution in [0.2, 0.25) is 0 Å². The summed E-state index contributed by atoms with van der Waals surface area (Å²) in [6.07, 6.45) is 0. The Morgan fingerprint density at radius 3 is 0.342 bits per heavy atom. The Balaban J connectivity index is 0.936. The van der Waals surface area contributed by atoms with Crippen molar-refractivity contribution in [3.63, 3.8) is 0 Å². The zero-order valence-corrected chi connectivity index (χ0v) is 64.0. The van der Waals surface area contributed by atoms with Crippen molar-refractivity contribution in [2.24, 2.45) is 0 Å². The standard InChI is InChI=1S/C96H60O24/c1-49(97)109-67-19-7-61-37-73(25-13-55(61)31-67)115-91(103)85-43-79-80(44-86(85)92(104)116-74-26-14-56-32-68(110-50(2)98)20-8-62(56)38-74)82-46-88(94(106)118-76-28-16-58-34-70(112-52(4)100)22-10-64(58)40-76)90(96(108)120-78-30-18-60-36-72(114-54(6)102)24-12-66(60)42-78)48-84(82)83-47-89(95(107)119-77-29-17-59-35-71(113-53(5)101)23-11-65(59)41-77)87(45-81(79)83)93(105)117-75-27-15-57-33-69(111-51(3)99)21-9-63(57)39-75/h7-48H,1-6H3. The molecular formula is C96H60O24. The molecule has 0 saturated heterocycles. The lowest BCUT2D eigenvalue weighted by atomic mass is 9.87. The summed E-state index contributed by atoms with van der Waals surface area (Å²) in [5.41, 5.74) is -2.69. The molecule has 0 aliphatic rings. The third kappa shape index (κ3) is 16.7. The molecule has 0 fully saturated rings. The Hall–Kier alpha value is -16.5. The fraction of sp³-hybridized carbons (Fsp3) is 0.0625. The van der Waals surface area contributed by atoms with Gasteiger partial charge in [0, 0.05) is 41.5 Å². The molecule has 588 valence electrons. The molecule has 16 rings (SSSR count). The van der Waals surface area contributed by atoms with Crippen LogP contribution in [0, 0.1) is 0 Å². The van der Waals surface area contributed by atoms with Crippen LogP contribution < -0.4 is 56.8 Å². The number of ether oxygens (including phenoxy) is 12. The van der Waals surface area contributed by atoms with Crippen LogP contribution >= 0.6 is 0 Å². The molecule has 24 nitrogen and oxygen atoms in total. The molecule has 0 bridgehead atoms. The summed E-state index contributed by atoms with van der Waals surface area (Å²) >= 11 is 0. The van der Waals surface area contributed by atoms with E-state index in [1.165, 1.54) is 151 Å². The van der Waals surface area contributed by atoms with E-state index >= 15 is 28.8 Å². The van der Waals surface area contributed by atoms with Gasteiger partial charge in [0.2, 0.25) is 0 Å². The van der Waals surface area contributed by atoms with E-state index in [0.717, 1.165) is 0 Å². The van der Waals surface area contributed by atoms with E-state index in [-0.39, 0.29) is 101 Å². The highest BCUT2D eigenvalue weighted by molar-refractivity contribution is 6.30. The number of carbonyl (C=O) groups is 12. The summed E-state index contributed by atoms with van der Waals surface area (Å²) in [5, 5.41) is 6.88. The summed E-state index contributed by atoms with van der Waals surface area (Å²) in [6.45, 7) is 7.53. The molecule has 0 atom stereocenters. The van der Waals surface area contributed by atoms with Gasteiger partial charge in [0.25, 0.3) is 0 Å². The van der Waals surface area contributed by atoms with Gasteiger partial charge in [-0.25, -0.2) is 28.8 Å². The van der Waals surface area contributed by atoms with Crippen LogP contribution in [0.5, 0.6) is 69.0 Å². The van der Waals surface area contributed by atoms with Gasteiger partial charge in [0.05, 0.1) is 33.4 Å². The fourth-order valence-electron chi connectivity index (χ4n) is 14.1. The summed E-state index contributed by atoms with van der Waals surface area (Å²) < 4.78 is 69.3. The zero-order valence-electron chi connectivity index (χ0n) is 64.0. The SMILES string of the molecule is CC(=O)Oc1ccc2cc(OC(=O)c3cc4c5cc(C(=O)Oc6ccc7cc(OC(C)=O)ccc7c6)c(C(=O)Oc6ccc7cc(OC(C)=O)ccc7c6)cc5c5cc(C(=O)Oc6ccc7cc(OC(C)=O)ccc7c6)c(C(=O)Oc6ccc7cc(OC(C)=O)ccc7c6)cc5c4cc3C(=O)Oc3ccc4cc(OC(C)=O)ccc4c3)ccc2c1. The number of benzene rings is 16. The van der Waals surface area contributed by atoms with Crippen LogP contribution in [0.3, 0.4) is 0 Å². The van der Waals surface area contributed by atoms with Crippen molar-refractivity contribution in [2.75, 3.05) is 0 Å². The summed E-state index contributed by atoms with van der Waals surface area (Å²) in [6, 6.07) is 64.3. The molecule has 16 aromatic rings. The van der Waals surface area contributed by atoms with Gasteiger partial charge in [0.1, 0.15) is 69.0 Å². The fourth-order valence-corrected chi connectivity index (χ4v) is 14.1. The van der Waals surface area contributed by atoms with Crippen molar-refractivity contribution in [3.8, 4) is 69.0 Å². The molecule has 24 heteroatoms. The normalized spacial score (nSPS) is 11.2. The Kier molecular flexibility index (Phi) is 20.7. The lowest BCUT2D eigenvalue weighted by molar-refractivity contribution is -0.132. The van der Waals surface area contributed by atoms with Gasteiger partial charge in [-0.3, -0.25) is 28.8 Å². The summed E-state index contributed by atoms with van der Waals surface area (Å²) in [7, 11) is 0. The Morgan fingerprint density at radius 1 is 0.142 bits per heavy atom. The molecule has 16 aromatic carbocycles. The first-order chi connectivity index (χ1) is 57.7. The number of hydrogen-bond donors (Lipinski definition) is 0. The van der Waals surface area contributed by atoms with Gasteiger partial charge in [-0.2, -0.15) is 0 Å².